The van der Waals surface area contributed by atoms with Crippen molar-refractivity contribution in [3.8, 4) is 17.2 Å². The number of nitrogens with one attached hydrogen (secondary N) is 2. The van der Waals surface area contributed by atoms with Crippen LogP contribution in [-0.4, -0.2) is 32.6 Å². The van der Waals surface area contributed by atoms with E-state index in [1.54, 1.807) is 60.7 Å². The van der Waals surface area contributed by atoms with E-state index >= 15 is 0 Å². The summed E-state index contributed by atoms with van der Waals surface area (Å²) in [6.45, 7) is -0.0178. The molecular formula is C23H21ClN2O5. The highest BCUT2D eigenvalue weighted by Gasteiger charge is 2.11. The first-order valence-corrected chi connectivity index (χ1v) is 9.70. The largest absolute Gasteiger partial charge is 0.495 e. The fourth-order valence-corrected chi connectivity index (χ4v) is 2.92. The monoisotopic (exact) mass is 440 g/mol. The highest BCUT2D eigenvalue weighted by atomic mass is 35.5. The number of amides is 1. The Balaban J connectivity index is 1.68. The Morgan fingerprint density at radius 3 is 2.35 bits per heavy atom. The lowest BCUT2D eigenvalue weighted by atomic mass is 10.2. The number of esters is 1. The molecule has 8 heteroatoms. The van der Waals surface area contributed by atoms with Crippen molar-refractivity contribution in [2.24, 2.45) is 0 Å². The first-order valence-electron chi connectivity index (χ1n) is 9.32. The quantitative estimate of drug-likeness (QED) is 0.480. The SMILES string of the molecule is COC(=O)c1ccc(Oc2ccc(Cl)cc2NCC(=O)Nc2ccccc2OC)cc1. The summed E-state index contributed by atoms with van der Waals surface area (Å²) in [5.74, 6) is 0.856. The summed E-state index contributed by atoms with van der Waals surface area (Å²) in [6, 6.07) is 18.7. The van der Waals surface area contributed by atoms with Gasteiger partial charge in [0.2, 0.25) is 5.91 Å². The van der Waals surface area contributed by atoms with Crippen LogP contribution in [0.1, 0.15) is 10.4 Å². The molecule has 0 aliphatic heterocycles. The van der Waals surface area contributed by atoms with E-state index in [1.165, 1.54) is 14.2 Å². The number of carbonyl (C=O) groups excluding carboxylic acids is 2. The van der Waals surface area contributed by atoms with Gasteiger partial charge in [-0.3, -0.25) is 4.79 Å². The lowest BCUT2D eigenvalue weighted by Gasteiger charge is -2.14. The standard InChI is InChI=1S/C23H21ClN2O5/c1-29-20-6-4-3-5-18(20)26-22(27)14-25-19-13-16(24)9-12-21(19)31-17-10-7-15(8-11-17)23(28)30-2/h3-13,25H,14H2,1-2H3,(H,26,27). The summed E-state index contributed by atoms with van der Waals surface area (Å²) in [7, 11) is 2.86. The number of rotatable bonds is 8. The van der Waals surface area contributed by atoms with Gasteiger partial charge in [-0.05, 0) is 54.6 Å². The van der Waals surface area contributed by atoms with Crippen molar-refractivity contribution in [3.05, 3.63) is 77.3 Å². The summed E-state index contributed by atoms with van der Waals surface area (Å²) in [4.78, 5) is 24.0. The van der Waals surface area contributed by atoms with Crippen LogP contribution in [0.4, 0.5) is 11.4 Å². The van der Waals surface area contributed by atoms with E-state index in [0.717, 1.165) is 0 Å². The molecule has 7 nitrogen and oxygen atoms in total. The van der Waals surface area contributed by atoms with E-state index in [-0.39, 0.29) is 12.5 Å². The molecule has 160 valence electrons. The van der Waals surface area contributed by atoms with Crippen LogP contribution in [0.25, 0.3) is 0 Å². The average molecular weight is 441 g/mol. The van der Waals surface area contributed by atoms with Crippen molar-refractivity contribution in [2.75, 3.05) is 31.4 Å². The molecule has 1 amide bonds. The minimum Gasteiger partial charge on any atom is -0.495 e. The van der Waals surface area contributed by atoms with Crippen molar-refractivity contribution in [3.63, 3.8) is 0 Å². The molecule has 3 rings (SSSR count). The van der Waals surface area contributed by atoms with Gasteiger partial charge in [0.05, 0.1) is 37.7 Å². The van der Waals surface area contributed by atoms with Crippen molar-refractivity contribution < 1.29 is 23.8 Å². The first kappa shape index (κ1) is 22.0. The molecule has 0 unspecified atom stereocenters. The summed E-state index contributed by atoms with van der Waals surface area (Å²) in [5.41, 5.74) is 1.53. The van der Waals surface area contributed by atoms with Crippen LogP contribution in [0.3, 0.4) is 0 Å². The zero-order valence-corrected chi connectivity index (χ0v) is 17.7. The molecule has 3 aromatic rings. The van der Waals surface area contributed by atoms with Gasteiger partial charge in [0.1, 0.15) is 11.5 Å². The van der Waals surface area contributed by atoms with Gasteiger partial charge < -0.3 is 24.8 Å². The van der Waals surface area contributed by atoms with E-state index < -0.39 is 5.97 Å². The number of hydrogen-bond donors (Lipinski definition) is 2. The predicted molar refractivity (Wildman–Crippen MR) is 119 cm³/mol. The van der Waals surface area contributed by atoms with E-state index in [9.17, 15) is 9.59 Å². The highest BCUT2D eigenvalue weighted by molar-refractivity contribution is 6.31. The molecule has 0 aliphatic carbocycles. The third-order valence-corrected chi connectivity index (χ3v) is 4.50. The van der Waals surface area contributed by atoms with E-state index in [4.69, 9.17) is 21.1 Å². The Morgan fingerprint density at radius 2 is 1.65 bits per heavy atom. The Kier molecular flexibility index (Phi) is 7.35. The molecule has 0 aliphatic rings. The van der Waals surface area contributed by atoms with Crippen LogP contribution >= 0.6 is 11.6 Å². The van der Waals surface area contributed by atoms with Gasteiger partial charge in [0.25, 0.3) is 0 Å². The molecule has 0 atom stereocenters. The van der Waals surface area contributed by atoms with Gasteiger partial charge in [-0.25, -0.2) is 4.79 Å². The van der Waals surface area contributed by atoms with Crippen molar-refractivity contribution in [2.45, 2.75) is 0 Å². The van der Waals surface area contributed by atoms with Gasteiger partial charge in [0.15, 0.2) is 5.75 Å². The maximum atomic E-state index is 12.4. The molecule has 0 aromatic heterocycles. The zero-order valence-electron chi connectivity index (χ0n) is 17.0. The van der Waals surface area contributed by atoms with E-state index in [1.807, 2.05) is 6.07 Å². The Labute approximate surface area is 184 Å². The molecule has 2 N–H and O–H groups in total. The maximum Gasteiger partial charge on any atom is 0.337 e. The second kappa shape index (κ2) is 10.4. The summed E-state index contributed by atoms with van der Waals surface area (Å²) < 4.78 is 15.8. The fraction of sp³-hybridized carbons (Fsp3) is 0.130. The molecule has 0 spiro atoms. The van der Waals surface area contributed by atoms with Crippen LogP contribution in [0, 0.1) is 0 Å². The number of para-hydroxylation sites is 2. The first-order chi connectivity index (χ1) is 15.0. The zero-order chi connectivity index (χ0) is 22.2. The molecule has 0 saturated carbocycles. The lowest BCUT2D eigenvalue weighted by molar-refractivity contribution is -0.114. The summed E-state index contributed by atoms with van der Waals surface area (Å²) in [6.07, 6.45) is 0. The molecule has 3 aromatic carbocycles. The second-order valence-electron chi connectivity index (χ2n) is 6.36. The number of ether oxygens (including phenoxy) is 3. The third kappa shape index (κ3) is 5.90. The molecule has 0 radical (unpaired) electrons. The Bertz CT molecular complexity index is 1070. The van der Waals surface area contributed by atoms with Gasteiger partial charge >= 0.3 is 5.97 Å². The highest BCUT2D eigenvalue weighted by Crippen LogP contribution is 2.32. The molecular weight excluding hydrogens is 420 g/mol. The number of methoxy groups -OCH3 is 2. The molecule has 31 heavy (non-hydrogen) atoms. The van der Waals surface area contributed by atoms with Crippen LogP contribution in [0.5, 0.6) is 17.2 Å². The molecule has 0 heterocycles. The van der Waals surface area contributed by atoms with Crippen molar-refractivity contribution >= 4 is 34.9 Å². The molecule has 0 bridgehead atoms. The third-order valence-electron chi connectivity index (χ3n) is 4.27. The molecule has 0 saturated heterocycles. The van der Waals surface area contributed by atoms with Crippen LogP contribution < -0.4 is 20.1 Å². The number of hydrogen-bond acceptors (Lipinski definition) is 6. The maximum absolute atomic E-state index is 12.4. The van der Waals surface area contributed by atoms with Crippen LogP contribution in [0.15, 0.2) is 66.7 Å². The van der Waals surface area contributed by atoms with Crippen LogP contribution in [0.2, 0.25) is 5.02 Å². The van der Waals surface area contributed by atoms with Gasteiger partial charge in [0, 0.05) is 5.02 Å². The van der Waals surface area contributed by atoms with Crippen LogP contribution in [-0.2, 0) is 9.53 Å². The smallest absolute Gasteiger partial charge is 0.337 e. The van der Waals surface area contributed by atoms with Gasteiger partial charge in [-0.1, -0.05) is 23.7 Å². The predicted octanol–water partition coefficient (Wildman–Crippen LogP) is 4.98. The van der Waals surface area contributed by atoms with Gasteiger partial charge in [-0.15, -0.1) is 0 Å². The normalized spacial score (nSPS) is 10.2. The fourth-order valence-electron chi connectivity index (χ4n) is 2.75. The average Bonchev–Trinajstić information content (AvgIpc) is 2.79. The van der Waals surface area contributed by atoms with E-state index in [2.05, 4.69) is 15.4 Å². The molecule has 0 fully saturated rings. The number of anilines is 2. The van der Waals surface area contributed by atoms with Crippen molar-refractivity contribution in [1.29, 1.82) is 0 Å². The number of halogens is 1. The van der Waals surface area contributed by atoms with Gasteiger partial charge in [-0.2, -0.15) is 0 Å². The number of carbonyl (C=O) groups is 2. The topological polar surface area (TPSA) is 85.9 Å². The Morgan fingerprint density at radius 1 is 0.903 bits per heavy atom. The minimum atomic E-state index is -0.429. The van der Waals surface area contributed by atoms with Crippen molar-refractivity contribution in [1.82, 2.24) is 0 Å². The Hall–Kier alpha value is -3.71. The minimum absolute atomic E-state index is 0.0178. The summed E-state index contributed by atoms with van der Waals surface area (Å²) in [5, 5.41) is 6.32. The number of benzene rings is 3. The lowest BCUT2D eigenvalue weighted by Crippen LogP contribution is -2.22. The second-order valence-corrected chi connectivity index (χ2v) is 6.80. The summed E-state index contributed by atoms with van der Waals surface area (Å²) >= 11 is 6.11. The van der Waals surface area contributed by atoms with E-state index in [0.29, 0.717) is 39.2 Å².